The molecule has 0 spiro atoms. The van der Waals surface area contributed by atoms with Gasteiger partial charge in [0.15, 0.2) is 23.1 Å². The number of rotatable bonds is 11. The summed E-state index contributed by atoms with van der Waals surface area (Å²) in [5, 5.41) is -0.0661. The summed E-state index contributed by atoms with van der Waals surface area (Å²) in [6.07, 6.45) is 0.835. The quantitative estimate of drug-likeness (QED) is 0.283. The van der Waals surface area contributed by atoms with Crippen LogP contribution >= 0.6 is 11.6 Å². The average Bonchev–Trinajstić information content (AvgIpc) is 2.87. The van der Waals surface area contributed by atoms with Crippen LogP contribution in [0.25, 0.3) is 11.3 Å². The van der Waals surface area contributed by atoms with Crippen molar-refractivity contribution in [2.75, 3.05) is 20.8 Å². The van der Waals surface area contributed by atoms with E-state index in [1.807, 2.05) is 6.92 Å². The number of carbonyl (C=O) groups excluding carboxylic acids is 2. The first-order valence-electron chi connectivity index (χ1n) is 11.2. The van der Waals surface area contributed by atoms with Crippen molar-refractivity contribution in [2.24, 2.45) is 5.92 Å². The van der Waals surface area contributed by atoms with Crippen LogP contribution in [0.1, 0.15) is 47.5 Å². The minimum atomic E-state index is -0.630. The Hall–Kier alpha value is -3.45. The number of aromatic nitrogens is 1. The standard InChI is InChI=1S/C27H27ClFNO5/c1-5-12-35-23-10-7-17(15-25(23)34-4)22(31)13-16(2)27(32)21-9-11-24(33-3)26(30-21)18-6-8-20(29)19(28)14-18/h6-11,14-16H,5,12-13H2,1-4H3. The molecule has 3 rings (SSSR count). The molecule has 8 heteroatoms. The number of carbonyl (C=O) groups is 2. The van der Waals surface area contributed by atoms with Crippen molar-refractivity contribution in [3.8, 4) is 28.5 Å². The fourth-order valence-corrected chi connectivity index (χ4v) is 3.69. The van der Waals surface area contributed by atoms with E-state index >= 15 is 0 Å². The molecule has 2 aromatic carbocycles. The van der Waals surface area contributed by atoms with Crippen molar-refractivity contribution in [1.29, 1.82) is 0 Å². The molecule has 0 radical (unpaired) electrons. The van der Waals surface area contributed by atoms with E-state index in [-0.39, 0.29) is 28.7 Å². The van der Waals surface area contributed by atoms with E-state index in [1.165, 1.54) is 32.4 Å². The van der Waals surface area contributed by atoms with E-state index in [1.54, 1.807) is 37.3 Å². The molecule has 184 valence electrons. The van der Waals surface area contributed by atoms with Gasteiger partial charge in [-0.2, -0.15) is 0 Å². The van der Waals surface area contributed by atoms with Gasteiger partial charge in [0.2, 0.25) is 0 Å². The van der Waals surface area contributed by atoms with Gasteiger partial charge in [-0.25, -0.2) is 9.37 Å². The van der Waals surface area contributed by atoms with Gasteiger partial charge in [0, 0.05) is 23.5 Å². The average molecular weight is 500 g/mol. The van der Waals surface area contributed by atoms with E-state index < -0.39 is 11.7 Å². The third kappa shape index (κ3) is 6.17. The normalized spacial score (nSPS) is 11.6. The van der Waals surface area contributed by atoms with E-state index in [4.69, 9.17) is 25.8 Å². The molecule has 1 atom stereocenters. The summed E-state index contributed by atoms with van der Waals surface area (Å²) in [6.45, 7) is 4.21. The maximum Gasteiger partial charge on any atom is 0.184 e. The number of ether oxygens (including phenoxy) is 3. The first kappa shape index (κ1) is 26.2. The highest BCUT2D eigenvalue weighted by Gasteiger charge is 2.23. The summed E-state index contributed by atoms with van der Waals surface area (Å²) in [6, 6.07) is 12.3. The van der Waals surface area contributed by atoms with E-state index in [0.29, 0.717) is 40.7 Å². The highest BCUT2D eigenvalue weighted by molar-refractivity contribution is 6.31. The number of methoxy groups -OCH3 is 2. The Balaban J connectivity index is 1.80. The maximum atomic E-state index is 13.6. The molecule has 0 saturated carbocycles. The van der Waals surface area contributed by atoms with E-state index in [0.717, 1.165) is 6.42 Å². The summed E-state index contributed by atoms with van der Waals surface area (Å²) in [4.78, 5) is 30.5. The van der Waals surface area contributed by atoms with Gasteiger partial charge in [-0.1, -0.05) is 25.4 Å². The zero-order valence-electron chi connectivity index (χ0n) is 20.1. The second kappa shape index (κ2) is 11.8. The van der Waals surface area contributed by atoms with Crippen LogP contribution in [0.4, 0.5) is 4.39 Å². The van der Waals surface area contributed by atoms with Crippen LogP contribution in [0.5, 0.6) is 17.2 Å². The zero-order chi connectivity index (χ0) is 25.5. The minimum absolute atomic E-state index is 0.0113. The van der Waals surface area contributed by atoms with Crippen LogP contribution < -0.4 is 14.2 Å². The van der Waals surface area contributed by atoms with Crippen molar-refractivity contribution >= 4 is 23.2 Å². The molecule has 0 aliphatic rings. The fourth-order valence-electron chi connectivity index (χ4n) is 3.51. The number of pyridine rings is 1. The minimum Gasteiger partial charge on any atom is -0.494 e. The van der Waals surface area contributed by atoms with Gasteiger partial charge in [0.25, 0.3) is 0 Å². The smallest absolute Gasteiger partial charge is 0.184 e. The second-order valence-corrected chi connectivity index (χ2v) is 8.39. The Labute approximate surface area is 209 Å². The van der Waals surface area contributed by atoms with Crippen molar-refractivity contribution < 1.29 is 28.2 Å². The predicted molar refractivity (Wildman–Crippen MR) is 132 cm³/mol. The molecule has 6 nitrogen and oxygen atoms in total. The van der Waals surface area contributed by atoms with Gasteiger partial charge in [-0.15, -0.1) is 0 Å². The number of halogens is 2. The topological polar surface area (TPSA) is 74.7 Å². The van der Waals surface area contributed by atoms with Gasteiger partial charge < -0.3 is 14.2 Å². The lowest BCUT2D eigenvalue weighted by Gasteiger charge is -2.14. The summed E-state index contributed by atoms with van der Waals surface area (Å²) in [5.41, 5.74) is 1.45. The zero-order valence-corrected chi connectivity index (χ0v) is 20.8. The van der Waals surface area contributed by atoms with Gasteiger partial charge in [-0.3, -0.25) is 9.59 Å². The lowest BCUT2D eigenvalue weighted by molar-refractivity contribution is 0.0859. The molecule has 1 heterocycles. The lowest BCUT2D eigenvalue weighted by Crippen LogP contribution is -2.17. The molecular weight excluding hydrogens is 473 g/mol. The molecular formula is C27H27ClFNO5. The van der Waals surface area contributed by atoms with Crippen molar-refractivity contribution in [3.05, 3.63) is 70.6 Å². The highest BCUT2D eigenvalue weighted by atomic mass is 35.5. The maximum absolute atomic E-state index is 13.6. The monoisotopic (exact) mass is 499 g/mol. The number of hydrogen-bond donors (Lipinski definition) is 0. The summed E-state index contributed by atoms with van der Waals surface area (Å²) >= 11 is 5.92. The molecule has 0 N–H and O–H groups in total. The molecule has 3 aromatic rings. The summed E-state index contributed by atoms with van der Waals surface area (Å²) in [7, 11) is 2.98. The van der Waals surface area contributed by atoms with Crippen LogP contribution in [0.2, 0.25) is 5.02 Å². The molecule has 0 bridgehead atoms. The highest BCUT2D eigenvalue weighted by Crippen LogP contribution is 2.32. The number of benzene rings is 2. The van der Waals surface area contributed by atoms with Crippen LogP contribution in [0, 0.1) is 11.7 Å². The summed E-state index contributed by atoms with van der Waals surface area (Å²) < 4.78 is 29.9. The number of nitrogens with zero attached hydrogens (tertiary/aromatic N) is 1. The van der Waals surface area contributed by atoms with Gasteiger partial charge in [0.05, 0.1) is 25.8 Å². The molecule has 35 heavy (non-hydrogen) atoms. The molecule has 0 amide bonds. The Morgan fingerprint density at radius 1 is 1.00 bits per heavy atom. The predicted octanol–water partition coefficient (Wildman–Crippen LogP) is 6.44. The molecule has 0 fully saturated rings. The Bertz CT molecular complexity index is 1230. The third-order valence-corrected chi connectivity index (χ3v) is 5.70. The largest absolute Gasteiger partial charge is 0.494 e. The van der Waals surface area contributed by atoms with Crippen LogP contribution in [-0.4, -0.2) is 37.4 Å². The van der Waals surface area contributed by atoms with Crippen molar-refractivity contribution in [2.45, 2.75) is 26.7 Å². The van der Waals surface area contributed by atoms with Gasteiger partial charge in [0.1, 0.15) is 23.0 Å². The van der Waals surface area contributed by atoms with E-state index in [2.05, 4.69) is 4.98 Å². The number of Topliss-reactive ketones (excluding diaryl/α,β-unsaturated/α-hetero) is 2. The fraction of sp³-hybridized carbons (Fsp3) is 0.296. The van der Waals surface area contributed by atoms with Gasteiger partial charge in [-0.05, 0) is 55.0 Å². The molecule has 0 aliphatic carbocycles. The first-order valence-corrected chi connectivity index (χ1v) is 11.6. The van der Waals surface area contributed by atoms with Crippen LogP contribution in [-0.2, 0) is 0 Å². The Morgan fingerprint density at radius 3 is 2.37 bits per heavy atom. The molecule has 0 aliphatic heterocycles. The Kier molecular flexibility index (Phi) is 8.82. The molecule has 1 aromatic heterocycles. The van der Waals surface area contributed by atoms with E-state index in [9.17, 15) is 14.0 Å². The number of hydrogen-bond acceptors (Lipinski definition) is 6. The second-order valence-electron chi connectivity index (χ2n) is 7.98. The summed E-state index contributed by atoms with van der Waals surface area (Å²) in [5.74, 6) is -0.264. The SMILES string of the molecule is CCCOc1ccc(C(=O)CC(C)C(=O)c2ccc(OC)c(-c3ccc(F)c(Cl)c3)n2)cc1OC. The third-order valence-electron chi connectivity index (χ3n) is 5.41. The van der Waals surface area contributed by atoms with Crippen LogP contribution in [0.15, 0.2) is 48.5 Å². The molecule has 0 saturated heterocycles. The lowest BCUT2D eigenvalue weighted by atomic mass is 9.94. The number of ketones is 2. The van der Waals surface area contributed by atoms with Gasteiger partial charge >= 0.3 is 0 Å². The van der Waals surface area contributed by atoms with Crippen LogP contribution in [0.3, 0.4) is 0 Å². The first-order chi connectivity index (χ1) is 16.8. The van der Waals surface area contributed by atoms with Crippen molar-refractivity contribution in [3.63, 3.8) is 0 Å². The Morgan fingerprint density at radius 2 is 1.71 bits per heavy atom. The van der Waals surface area contributed by atoms with Crippen molar-refractivity contribution in [1.82, 2.24) is 4.98 Å². The molecule has 1 unspecified atom stereocenters.